The minimum absolute atomic E-state index is 0.321. The lowest BCUT2D eigenvalue weighted by atomic mass is 9.89. The molecule has 27 heavy (non-hydrogen) atoms. The van der Waals surface area contributed by atoms with Gasteiger partial charge in [0.2, 0.25) is 0 Å². The summed E-state index contributed by atoms with van der Waals surface area (Å²) in [6.45, 7) is 19.4. The van der Waals surface area contributed by atoms with Crippen LogP contribution in [0.4, 0.5) is 5.69 Å². The van der Waals surface area contributed by atoms with E-state index in [-0.39, 0.29) is 0 Å². The monoisotopic (exact) mass is 385 g/mol. The highest BCUT2D eigenvalue weighted by Crippen LogP contribution is 2.36. The molecule has 0 bridgehead atoms. The maximum Gasteiger partial charge on any atom is 0.186 e. The maximum atomic E-state index is 13.5. The minimum atomic E-state index is -1.30. The van der Waals surface area contributed by atoms with Crippen molar-refractivity contribution in [2.24, 2.45) is 0 Å². The summed E-state index contributed by atoms with van der Waals surface area (Å²) in [7, 11) is 0. The van der Waals surface area contributed by atoms with E-state index in [1.54, 1.807) is 0 Å². The molecule has 0 heterocycles. The number of anilines is 1. The second-order valence-electron chi connectivity index (χ2n) is 8.64. The summed E-state index contributed by atoms with van der Waals surface area (Å²) in [6, 6.07) is 8.79. The van der Waals surface area contributed by atoms with Crippen molar-refractivity contribution in [3.8, 4) is 0 Å². The third-order valence-corrected chi connectivity index (χ3v) is 6.37. The van der Waals surface area contributed by atoms with Crippen molar-refractivity contribution in [1.29, 1.82) is 0 Å². The van der Waals surface area contributed by atoms with Crippen LogP contribution in [-0.2, 0) is 11.4 Å². The van der Waals surface area contributed by atoms with Crippen molar-refractivity contribution in [2.45, 2.75) is 85.0 Å². The summed E-state index contributed by atoms with van der Waals surface area (Å²) < 4.78 is 16.9. The fourth-order valence-corrected chi connectivity index (χ4v) is 5.22. The van der Waals surface area contributed by atoms with Crippen molar-refractivity contribution in [3.63, 3.8) is 0 Å². The molecule has 0 spiro atoms. The zero-order chi connectivity index (χ0) is 20.5. The van der Waals surface area contributed by atoms with Gasteiger partial charge in [0.25, 0.3) is 0 Å². The third kappa shape index (κ3) is 4.89. The van der Waals surface area contributed by atoms with Gasteiger partial charge in [-0.3, -0.25) is 0 Å². The van der Waals surface area contributed by atoms with Crippen molar-refractivity contribution in [1.82, 2.24) is 0 Å². The normalized spacial score (nSPS) is 12.9. The first kappa shape index (κ1) is 21.8. The largest absolute Gasteiger partial charge is 0.588 e. The molecule has 1 N–H and O–H groups in total. The molecule has 2 rings (SSSR count). The molecule has 0 aliphatic rings. The SMILES string of the molecule is Cc1cc(C)c(N[S+]([O-])c2c(C(C)C)cc(C(C)C)cc2C(C)C)c(C)c1. The molecule has 1 atom stereocenters. The van der Waals surface area contributed by atoms with Gasteiger partial charge in [0.15, 0.2) is 4.90 Å². The molecule has 2 aromatic carbocycles. The minimum Gasteiger partial charge on any atom is -0.588 e. The quantitative estimate of drug-likeness (QED) is 0.537. The highest BCUT2D eigenvalue weighted by atomic mass is 32.2. The van der Waals surface area contributed by atoms with E-state index in [9.17, 15) is 4.55 Å². The van der Waals surface area contributed by atoms with Crippen LogP contribution >= 0.6 is 0 Å². The topological polar surface area (TPSA) is 35.1 Å². The van der Waals surface area contributed by atoms with E-state index in [2.05, 4.69) is 91.3 Å². The van der Waals surface area contributed by atoms with E-state index in [4.69, 9.17) is 0 Å². The Morgan fingerprint density at radius 2 is 1.19 bits per heavy atom. The summed E-state index contributed by atoms with van der Waals surface area (Å²) in [5, 5.41) is 0. The van der Waals surface area contributed by atoms with Gasteiger partial charge in [0.1, 0.15) is 11.4 Å². The number of hydrogen-bond acceptors (Lipinski definition) is 2. The number of hydrogen-bond donors (Lipinski definition) is 1. The molecule has 0 aliphatic heterocycles. The molecule has 0 fully saturated rings. The van der Waals surface area contributed by atoms with Gasteiger partial charge in [-0.15, -0.1) is 0 Å². The first-order valence-electron chi connectivity index (χ1n) is 9.96. The predicted molar refractivity (Wildman–Crippen MR) is 119 cm³/mol. The van der Waals surface area contributed by atoms with Crippen LogP contribution in [0.1, 0.15) is 92.7 Å². The molecule has 2 nitrogen and oxygen atoms in total. The second-order valence-corrected chi connectivity index (χ2v) is 9.79. The van der Waals surface area contributed by atoms with Crippen molar-refractivity contribution in [3.05, 3.63) is 57.6 Å². The smallest absolute Gasteiger partial charge is 0.186 e. The Kier molecular flexibility index (Phi) is 7.04. The van der Waals surface area contributed by atoms with E-state index in [1.807, 2.05) is 0 Å². The lowest BCUT2D eigenvalue weighted by molar-refractivity contribution is 0.594. The zero-order valence-electron chi connectivity index (χ0n) is 18.4. The molecule has 1 unspecified atom stereocenters. The highest BCUT2D eigenvalue weighted by Gasteiger charge is 2.27. The van der Waals surface area contributed by atoms with Crippen molar-refractivity contribution >= 4 is 17.0 Å². The Morgan fingerprint density at radius 1 is 0.741 bits per heavy atom. The maximum absolute atomic E-state index is 13.5. The van der Waals surface area contributed by atoms with Crippen molar-refractivity contribution in [2.75, 3.05) is 4.72 Å². The summed E-state index contributed by atoms with van der Waals surface area (Å²) in [5.74, 6) is 1.10. The van der Waals surface area contributed by atoms with Crippen LogP contribution < -0.4 is 4.72 Å². The molecular weight excluding hydrogens is 350 g/mol. The van der Waals surface area contributed by atoms with E-state index in [0.29, 0.717) is 17.8 Å². The molecule has 2 aromatic rings. The Hall–Kier alpha value is -1.45. The molecular formula is C24H35NOS. The molecule has 0 aromatic heterocycles. The molecule has 0 saturated heterocycles. The lowest BCUT2D eigenvalue weighted by Gasteiger charge is -2.24. The highest BCUT2D eigenvalue weighted by molar-refractivity contribution is 7.92. The van der Waals surface area contributed by atoms with Crippen LogP contribution in [0.5, 0.6) is 0 Å². The molecule has 148 valence electrons. The van der Waals surface area contributed by atoms with Gasteiger partial charge in [0.05, 0.1) is 5.69 Å². The molecule has 0 amide bonds. The summed E-state index contributed by atoms with van der Waals surface area (Å²) in [5.41, 5.74) is 8.19. The Bertz CT molecular complexity index is 756. The van der Waals surface area contributed by atoms with Gasteiger partial charge in [0, 0.05) is 11.1 Å². The van der Waals surface area contributed by atoms with E-state index < -0.39 is 11.4 Å². The van der Waals surface area contributed by atoms with Crippen LogP contribution in [0.25, 0.3) is 0 Å². The van der Waals surface area contributed by atoms with E-state index >= 15 is 0 Å². The first-order chi connectivity index (χ1) is 12.5. The molecule has 0 saturated carbocycles. The third-order valence-electron chi connectivity index (χ3n) is 5.14. The molecule has 0 aliphatic carbocycles. The number of aryl methyl sites for hydroxylation is 3. The Balaban J connectivity index is 2.59. The lowest BCUT2D eigenvalue weighted by Crippen LogP contribution is -2.20. The standard InChI is InChI=1S/C24H35NOS/c1-14(2)20-12-21(15(3)4)24(22(13-20)16(5)6)27(26)25-23-18(8)10-17(7)11-19(23)9/h10-16,25H,1-9H3. The van der Waals surface area contributed by atoms with Crippen LogP contribution in [-0.4, -0.2) is 4.55 Å². The number of benzene rings is 2. The average molecular weight is 386 g/mol. The molecule has 3 heteroatoms. The van der Waals surface area contributed by atoms with Crippen molar-refractivity contribution < 1.29 is 4.55 Å². The fraction of sp³-hybridized carbons (Fsp3) is 0.500. The van der Waals surface area contributed by atoms with Crippen LogP contribution in [0, 0.1) is 20.8 Å². The average Bonchev–Trinajstić information content (AvgIpc) is 2.56. The number of nitrogens with one attached hydrogen (secondary N) is 1. The van der Waals surface area contributed by atoms with Gasteiger partial charge >= 0.3 is 0 Å². The summed E-state index contributed by atoms with van der Waals surface area (Å²) in [6.07, 6.45) is 0. The predicted octanol–water partition coefficient (Wildman–Crippen LogP) is 7.12. The van der Waals surface area contributed by atoms with Gasteiger partial charge in [-0.25, -0.2) is 4.72 Å². The van der Waals surface area contributed by atoms with Gasteiger partial charge < -0.3 is 4.55 Å². The summed E-state index contributed by atoms with van der Waals surface area (Å²) >= 11 is -1.30. The van der Waals surface area contributed by atoms with Crippen LogP contribution in [0.15, 0.2) is 29.2 Å². The van der Waals surface area contributed by atoms with Gasteiger partial charge in [-0.05, 0) is 55.2 Å². The van der Waals surface area contributed by atoms with E-state index in [0.717, 1.165) is 21.7 Å². The second kappa shape index (κ2) is 8.70. The Morgan fingerprint density at radius 3 is 1.56 bits per heavy atom. The van der Waals surface area contributed by atoms with Crippen LogP contribution in [0.2, 0.25) is 0 Å². The number of rotatable bonds is 6. The van der Waals surface area contributed by atoms with Crippen LogP contribution in [0.3, 0.4) is 0 Å². The molecule has 0 radical (unpaired) electrons. The first-order valence-corrected chi connectivity index (χ1v) is 11.1. The van der Waals surface area contributed by atoms with Gasteiger partial charge in [-0.1, -0.05) is 71.4 Å². The zero-order valence-corrected chi connectivity index (χ0v) is 19.2. The van der Waals surface area contributed by atoms with Gasteiger partial charge in [-0.2, -0.15) is 0 Å². The fourth-order valence-electron chi connectivity index (χ4n) is 3.59. The van der Waals surface area contributed by atoms with E-state index in [1.165, 1.54) is 22.3 Å². The summed E-state index contributed by atoms with van der Waals surface area (Å²) in [4.78, 5) is 0.962. The Labute approximate surface area is 169 Å².